The number of ether oxygens (including phenoxy) is 2. The average Bonchev–Trinajstić information content (AvgIpc) is 2.47. The van der Waals surface area contributed by atoms with Crippen LogP contribution in [0.25, 0.3) is 0 Å². The van der Waals surface area contributed by atoms with Gasteiger partial charge >= 0.3 is 0 Å². The summed E-state index contributed by atoms with van der Waals surface area (Å²) >= 11 is 0. The van der Waals surface area contributed by atoms with Crippen LogP contribution in [-0.2, 0) is 6.54 Å². The Morgan fingerprint density at radius 3 is 2.40 bits per heavy atom. The van der Waals surface area contributed by atoms with Crippen LogP contribution in [0.1, 0.15) is 11.3 Å². The van der Waals surface area contributed by atoms with Crippen molar-refractivity contribution in [3.05, 3.63) is 41.7 Å². The Hall–Kier alpha value is -2.43. The molecule has 0 aliphatic heterocycles. The van der Waals surface area contributed by atoms with Crippen LogP contribution in [0.5, 0.6) is 17.2 Å². The van der Waals surface area contributed by atoms with Crippen molar-refractivity contribution in [2.24, 2.45) is 0 Å². The Labute approximate surface area is 118 Å². The standard InChI is InChI=1S/C15H18N2O3/c1-10-12(5-4-6-16-10)17-9-11-7-13(19-2)15(18)14(8-11)20-3/h4-8,17-18H,9H2,1-3H3. The molecule has 0 amide bonds. The Morgan fingerprint density at radius 1 is 1.20 bits per heavy atom. The number of hydrogen-bond donors (Lipinski definition) is 2. The fourth-order valence-corrected chi connectivity index (χ4v) is 1.92. The number of aromatic hydroxyl groups is 1. The first-order valence-corrected chi connectivity index (χ1v) is 6.25. The summed E-state index contributed by atoms with van der Waals surface area (Å²) in [6.07, 6.45) is 1.76. The maximum absolute atomic E-state index is 9.86. The van der Waals surface area contributed by atoms with Gasteiger partial charge in [0.05, 0.1) is 25.6 Å². The topological polar surface area (TPSA) is 63.6 Å². The molecular weight excluding hydrogens is 256 g/mol. The predicted octanol–water partition coefficient (Wildman–Crippen LogP) is 2.72. The third kappa shape index (κ3) is 2.93. The fourth-order valence-electron chi connectivity index (χ4n) is 1.92. The fraction of sp³-hybridized carbons (Fsp3) is 0.267. The van der Waals surface area contributed by atoms with E-state index in [4.69, 9.17) is 9.47 Å². The zero-order valence-corrected chi connectivity index (χ0v) is 11.8. The highest BCUT2D eigenvalue weighted by molar-refractivity contribution is 5.54. The molecule has 0 spiro atoms. The molecule has 0 aliphatic rings. The maximum atomic E-state index is 9.86. The van der Waals surface area contributed by atoms with Gasteiger partial charge in [-0.1, -0.05) is 0 Å². The van der Waals surface area contributed by atoms with Gasteiger partial charge in [0, 0.05) is 12.7 Å². The van der Waals surface area contributed by atoms with E-state index in [1.165, 1.54) is 14.2 Å². The van der Waals surface area contributed by atoms with Crippen LogP contribution >= 0.6 is 0 Å². The molecule has 106 valence electrons. The number of nitrogens with zero attached hydrogens (tertiary/aromatic N) is 1. The second-order valence-corrected chi connectivity index (χ2v) is 4.34. The minimum absolute atomic E-state index is 0.0105. The normalized spacial score (nSPS) is 10.2. The third-order valence-electron chi connectivity index (χ3n) is 3.03. The highest BCUT2D eigenvalue weighted by atomic mass is 16.5. The Bertz CT molecular complexity index is 574. The quantitative estimate of drug-likeness (QED) is 0.877. The first kappa shape index (κ1) is 14.0. The second-order valence-electron chi connectivity index (χ2n) is 4.34. The van der Waals surface area contributed by atoms with Gasteiger partial charge in [-0.25, -0.2) is 0 Å². The molecule has 0 saturated heterocycles. The zero-order chi connectivity index (χ0) is 14.5. The van der Waals surface area contributed by atoms with Gasteiger partial charge in [-0.2, -0.15) is 0 Å². The van der Waals surface area contributed by atoms with Crippen LogP contribution < -0.4 is 14.8 Å². The van der Waals surface area contributed by atoms with Gasteiger partial charge in [-0.15, -0.1) is 0 Å². The van der Waals surface area contributed by atoms with E-state index in [0.29, 0.717) is 18.0 Å². The summed E-state index contributed by atoms with van der Waals surface area (Å²) < 4.78 is 10.3. The number of nitrogens with one attached hydrogen (secondary N) is 1. The monoisotopic (exact) mass is 274 g/mol. The molecule has 0 bridgehead atoms. The van der Waals surface area contributed by atoms with Crippen molar-refractivity contribution >= 4 is 5.69 Å². The summed E-state index contributed by atoms with van der Waals surface area (Å²) in [5, 5.41) is 13.2. The van der Waals surface area contributed by atoms with Crippen molar-refractivity contribution in [1.29, 1.82) is 0 Å². The van der Waals surface area contributed by atoms with Crippen LogP contribution in [-0.4, -0.2) is 24.3 Å². The lowest BCUT2D eigenvalue weighted by Gasteiger charge is -2.13. The van der Waals surface area contributed by atoms with Crippen LogP contribution in [0.2, 0.25) is 0 Å². The molecule has 0 saturated carbocycles. The number of anilines is 1. The Morgan fingerprint density at radius 2 is 1.85 bits per heavy atom. The minimum Gasteiger partial charge on any atom is -0.502 e. The summed E-state index contributed by atoms with van der Waals surface area (Å²) in [5.74, 6) is 0.796. The number of hydrogen-bond acceptors (Lipinski definition) is 5. The molecule has 5 nitrogen and oxygen atoms in total. The van der Waals surface area contributed by atoms with Crippen molar-refractivity contribution in [1.82, 2.24) is 4.98 Å². The molecule has 1 aromatic carbocycles. The first-order chi connectivity index (χ1) is 9.65. The highest BCUT2D eigenvalue weighted by Crippen LogP contribution is 2.37. The Kier molecular flexibility index (Phi) is 4.30. The lowest BCUT2D eigenvalue weighted by atomic mass is 10.1. The van der Waals surface area contributed by atoms with Gasteiger partial charge < -0.3 is 19.9 Å². The lowest BCUT2D eigenvalue weighted by molar-refractivity contribution is 0.339. The SMILES string of the molecule is COc1cc(CNc2cccnc2C)cc(OC)c1O. The minimum atomic E-state index is 0.0105. The summed E-state index contributed by atoms with van der Waals surface area (Å²) in [6, 6.07) is 7.40. The molecule has 20 heavy (non-hydrogen) atoms. The van der Waals surface area contributed by atoms with Gasteiger partial charge in [0.25, 0.3) is 0 Å². The summed E-state index contributed by atoms with van der Waals surface area (Å²) in [4.78, 5) is 4.22. The molecular formula is C15H18N2O3. The average molecular weight is 274 g/mol. The molecule has 0 unspecified atom stereocenters. The van der Waals surface area contributed by atoms with Gasteiger partial charge in [0.1, 0.15) is 0 Å². The molecule has 0 fully saturated rings. The van der Waals surface area contributed by atoms with E-state index in [1.54, 1.807) is 18.3 Å². The number of aromatic nitrogens is 1. The van der Waals surface area contributed by atoms with E-state index in [-0.39, 0.29) is 5.75 Å². The van der Waals surface area contributed by atoms with Gasteiger partial charge in [0.2, 0.25) is 5.75 Å². The number of aryl methyl sites for hydroxylation is 1. The van der Waals surface area contributed by atoms with E-state index in [0.717, 1.165) is 16.9 Å². The summed E-state index contributed by atoms with van der Waals surface area (Å²) in [6.45, 7) is 2.53. The number of phenols is 1. The number of pyridine rings is 1. The molecule has 2 aromatic rings. The second kappa shape index (κ2) is 6.14. The highest BCUT2D eigenvalue weighted by Gasteiger charge is 2.11. The number of methoxy groups -OCH3 is 2. The zero-order valence-electron chi connectivity index (χ0n) is 11.8. The largest absolute Gasteiger partial charge is 0.502 e. The molecule has 5 heteroatoms. The molecule has 0 radical (unpaired) electrons. The number of benzene rings is 1. The van der Waals surface area contributed by atoms with Crippen LogP contribution in [0.15, 0.2) is 30.5 Å². The first-order valence-electron chi connectivity index (χ1n) is 6.25. The Balaban J connectivity index is 2.19. The molecule has 1 heterocycles. The van der Waals surface area contributed by atoms with Crippen molar-refractivity contribution < 1.29 is 14.6 Å². The van der Waals surface area contributed by atoms with Crippen LogP contribution in [0.3, 0.4) is 0 Å². The third-order valence-corrected chi connectivity index (χ3v) is 3.03. The molecule has 0 aliphatic carbocycles. The number of phenolic OH excluding ortho intramolecular Hbond substituents is 1. The molecule has 0 atom stereocenters. The van der Waals surface area contributed by atoms with Gasteiger partial charge in [-0.05, 0) is 36.8 Å². The van der Waals surface area contributed by atoms with Crippen molar-refractivity contribution in [3.63, 3.8) is 0 Å². The van der Waals surface area contributed by atoms with Gasteiger partial charge in [-0.3, -0.25) is 4.98 Å². The predicted molar refractivity (Wildman–Crippen MR) is 77.5 cm³/mol. The van der Waals surface area contributed by atoms with E-state index in [1.807, 2.05) is 19.1 Å². The van der Waals surface area contributed by atoms with Crippen LogP contribution in [0, 0.1) is 6.92 Å². The van der Waals surface area contributed by atoms with E-state index in [2.05, 4.69) is 10.3 Å². The lowest BCUT2D eigenvalue weighted by Crippen LogP contribution is -2.02. The smallest absolute Gasteiger partial charge is 0.200 e. The van der Waals surface area contributed by atoms with E-state index >= 15 is 0 Å². The van der Waals surface area contributed by atoms with E-state index < -0.39 is 0 Å². The van der Waals surface area contributed by atoms with Crippen LogP contribution in [0.4, 0.5) is 5.69 Å². The van der Waals surface area contributed by atoms with Crippen molar-refractivity contribution in [2.75, 3.05) is 19.5 Å². The number of rotatable bonds is 5. The van der Waals surface area contributed by atoms with Gasteiger partial charge in [0.15, 0.2) is 11.5 Å². The molecule has 2 N–H and O–H groups in total. The van der Waals surface area contributed by atoms with E-state index in [9.17, 15) is 5.11 Å². The van der Waals surface area contributed by atoms with Crippen molar-refractivity contribution in [3.8, 4) is 17.2 Å². The summed E-state index contributed by atoms with van der Waals surface area (Å²) in [7, 11) is 3.02. The summed E-state index contributed by atoms with van der Waals surface area (Å²) in [5.41, 5.74) is 2.85. The maximum Gasteiger partial charge on any atom is 0.200 e. The van der Waals surface area contributed by atoms with Crippen molar-refractivity contribution in [2.45, 2.75) is 13.5 Å². The molecule has 1 aromatic heterocycles. The molecule has 2 rings (SSSR count).